The molecule has 1 fully saturated rings. The molecule has 0 unspecified atom stereocenters. The van der Waals surface area contributed by atoms with Gasteiger partial charge in [-0.05, 0) is 36.8 Å². The van der Waals surface area contributed by atoms with Crippen molar-refractivity contribution in [3.8, 4) is 0 Å². The van der Waals surface area contributed by atoms with Gasteiger partial charge in [0.25, 0.3) is 0 Å². The first kappa shape index (κ1) is 15.5. The normalized spacial score (nSPS) is 19.5. The van der Waals surface area contributed by atoms with Crippen LogP contribution < -0.4 is 0 Å². The highest BCUT2D eigenvalue weighted by molar-refractivity contribution is 8.01. The van der Waals surface area contributed by atoms with Crippen molar-refractivity contribution in [3.05, 3.63) is 65.5 Å². The molecule has 2 aromatic carbocycles. The minimum absolute atomic E-state index is 0.133. The van der Waals surface area contributed by atoms with Crippen LogP contribution in [0.1, 0.15) is 16.5 Å². The van der Waals surface area contributed by atoms with Crippen LogP contribution in [0.25, 0.3) is 0 Å². The predicted molar refractivity (Wildman–Crippen MR) is 86.7 cm³/mol. The van der Waals surface area contributed by atoms with Gasteiger partial charge in [-0.15, -0.1) is 11.8 Å². The van der Waals surface area contributed by atoms with E-state index in [-0.39, 0.29) is 10.3 Å². The second-order valence-corrected chi connectivity index (χ2v) is 8.28. The zero-order valence-corrected chi connectivity index (χ0v) is 13.7. The minimum Gasteiger partial charge on any atom is -0.207 e. The third-order valence-electron chi connectivity index (χ3n) is 3.63. The maximum Gasteiger partial charge on any atom is 0.244 e. The van der Waals surface area contributed by atoms with Gasteiger partial charge in [0, 0.05) is 12.3 Å². The summed E-state index contributed by atoms with van der Waals surface area (Å²) < 4.78 is 40.1. The third-order valence-corrected chi connectivity index (χ3v) is 6.90. The number of hydrogen-bond acceptors (Lipinski definition) is 3. The Labute approximate surface area is 134 Å². The second kappa shape index (κ2) is 6.02. The van der Waals surface area contributed by atoms with E-state index in [1.54, 1.807) is 11.8 Å². The molecule has 2 aromatic rings. The average Bonchev–Trinajstić information content (AvgIpc) is 2.99. The maximum atomic E-state index is 13.0. The largest absolute Gasteiger partial charge is 0.244 e. The lowest BCUT2D eigenvalue weighted by Crippen LogP contribution is -2.30. The fourth-order valence-electron chi connectivity index (χ4n) is 2.44. The van der Waals surface area contributed by atoms with Crippen molar-refractivity contribution >= 4 is 21.8 Å². The van der Waals surface area contributed by atoms with Crippen LogP contribution in [0, 0.1) is 12.7 Å². The lowest BCUT2D eigenvalue weighted by Gasteiger charge is -2.23. The molecule has 0 bridgehead atoms. The molecule has 0 saturated carbocycles. The molecule has 116 valence electrons. The van der Waals surface area contributed by atoms with Gasteiger partial charge in [0.05, 0.1) is 10.3 Å². The van der Waals surface area contributed by atoms with E-state index in [0.29, 0.717) is 6.54 Å². The molecule has 3 nitrogen and oxygen atoms in total. The first-order valence-corrected chi connectivity index (χ1v) is 9.43. The highest BCUT2D eigenvalue weighted by atomic mass is 32.2. The lowest BCUT2D eigenvalue weighted by atomic mass is 10.1. The number of thioether (sulfide) groups is 1. The van der Waals surface area contributed by atoms with Gasteiger partial charge in [-0.25, -0.2) is 12.8 Å². The minimum atomic E-state index is -3.62. The molecule has 0 N–H and O–H groups in total. The molecule has 0 aliphatic carbocycles. The number of halogens is 1. The van der Waals surface area contributed by atoms with E-state index in [1.165, 1.54) is 28.6 Å². The van der Waals surface area contributed by atoms with Crippen LogP contribution in [0.3, 0.4) is 0 Å². The first-order valence-electron chi connectivity index (χ1n) is 6.94. The zero-order valence-electron chi connectivity index (χ0n) is 12.1. The van der Waals surface area contributed by atoms with Crippen molar-refractivity contribution < 1.29 is 12.8 Å². The average molecular weight is 337 g/mol. The van der Waals surface area contributed by atoms with Crippen molar-refractivity contribution in [1.82, 2.24) is 4.31 Å². The van der Waals surface area contributed by atoms with Crippen molar-refractivity contribution in [2.24, 2.45) is 0 Å². The number of sulfonamides is 1. The number of nitrogens with zero attached hydrogens (tertiary/aromatic N) is 1. The predicted octanol–water partition coefficient (Wildman–Crippen LogP) is 3.57. The van der Waals surface area contributed by atoms with Crippen molar-refractivity contribution in [3.63, 3.8) is 0 Å². The first-order chi connectivity index (χ1) is 10.5. The van der Waals surface area contributed by atoms with Crippen LogP contribution in [0.2, 0.25) is 0 Å². The number of aryl methyl sites for hydroxylation is 1. The number of rotatable bonds is 3. The topological polar surface area (TPSA) is 37.4 Å². The van der Waals surface area contributed by atoms with Gasteiger partial charge in [0.2, 0.25) is 10.0 Å². The molecule has 3 rings (SSSR count). The molecule has 22 heavy (non-hydrogen) atoms. The fourth-order valence-corrected chi connectivity index (χ4v) is 5.68. The Morgan fingerprint density at radius 2 is 1.73 bits per heavy atom. The van der Waals surface area contributed by atoms with Crippen LogP contribution in [-0.2, 0) is 10.0 Å². The van der Waals surface area contributed by atoms with Gasteiger partial charge >= 0.3 is 0 Å². The van der Waals surface area contributed by atoms with E-state index in [9.17, 15) is 12.8 Å². The number of benzene rings is 2. The fraction of sp³-hybridized carbons (Fsp3) is 0.250. The van der Waals surface area contributed by atoms with E-state index < -0.39 is 15.8 Å². The van der Waals surface area contributed by atoms with E-state index in [2.05, 4.69) is 0 Å². The summed E-state index contributed by atoms with van der Waals surface area (Å²) in [6.07, 6.45) is 0. The summed E-state index contributed by atoms with van der Waals surface area (Å²) in [7, 11) is -3.62. The molecule has 1 saturated heterocycles. The van der Waals surface area contributed by atoms with Gasteiger partial charge in [-0.1, -0.05) is 29.8 Å². The molecular formula is C16H16FNO2S2. The van der Waals surface area contributed by atoms with Crippen LogP contribution in [0.4, 0.5) is 4.39 Å². The Kier molecular flexibility index (Phi) is 4.25. The maximum absolute atomic E-state index is 13.0. The highest BCUT2D eigenvalue weighted by Gasteiger charge is 2.36. The summed E-state index contributed by atoms with van der Waals surface area (Å²) in [6, 6.07) is 12.9. The van der Waals surface area contributed by atoms with Gasteiger partial charge in [-0.2, -0.15) is 4.31 Å². The van der Waals surface area contributed by atoms with Crippen molar-refractivity contribution in [2.75, 3.05) is 12.3 Å². The standard InChI is InChI=1S/C16H16FNO2S2/c1-12-2-4-13(5-3-12)16-18(10-11-21-16)22(19,20)15-8-6-14(17)7-9-15/h2-9,16H,10-11H2,1H3/t16-/m1/s1. The van der Waals surface area contributed by atoms with Crippen molar-refractivity contribution in [2.45, 2.75) is 17.2 Å². The molecule has 1 heterocycles. The zero-order chi connectivity index (χ0) is 15.7. The quantitative estimate of drug-likeness (QED) is 0.859. The van der Waals surface area contributed by atoms with Crippen LogP contribution in [0.15, 0.2) is 53.4 Å². The van der Waals surface area contributed by atoms with E-state index in [4.69, 9.17) is 0 Å². The van der Waals surface area contributed by atoms with Crippen molar-refractivity contribution in [1.29, 1.82) is 0 Å². The molecule has 1 aliphatic rings. The summed E-state index contributed by atoms with van der Waals surface area (Å²) >= 11 is 1.61. The van der Waals surface area contributed by atoms with Gasteiger partial charge < -0.3 is 0 Å². The third kappa shape index (κ3) is 2.91. The smallest absolute Gasteiger partial charge is 0.207 e. The molecule has 6 heteroatoms. The lowest BCUT2D eigenvalue weighted by molar-refractivity contribution is 0.434. The van der Waals surface area contributed by atoms with Gasteiger partial charge in [0.1, 0.15) is 5.82 Å². The number of hydrogen-bond donors (Lipinski definition) is 0. The molecule has 1 atom stereocenters. The van der Waals surface area contributed by atoms with Gasteiger partial charge in [0.15, 0.2) is 0 Å². The Morgan fingerprint density at radius 3 is 2.36 bits per heavy atom. The molecule has 0 amide bonds. The highest BCUT2D eigenvalue weighted by Crippen LogP contribution is 2.41. The molecular weight excluding hydrogens is 321 g/mol. The SMILES string of the molecule is Cc1ccc([C@H]2SCCN2S(=O)(=O)c2ccc(F)cc2)cc1. The molecule has 1 aliphatic heterocycles. The van der Waals surface area contributed by atoms with Gasteiger partial charge in [-0.3, -0.25) is 0 Å². The van der Waals surface area contributed by atoms with E-state index in [1.807, 2.05) is 31.2 Å². The summed E-state index contributed by atoms with van der Waals surface area (Å²) in [4.78, 5) is 0.133. The summed E-state index contributed by atoms with van der Waals surface area (Å²) in [5.41, 5.74) is 2.11. The van der Waals surface area contributed by atoms with Crippen LogP contribution in [0.5, 0.6) is 0 Å². The summed E-state index contributed by atoms with van der Waals surface area (Å²) in [5, 5.41) is -0.226. The monoisotopic (exact) mass is 337 g/mol. The molecule has 0 radical (unpaired) electrons. The van der Waals surface area contributed by atoms with E-state index >= 15 is 0 Å². The van der Waals surface area contributed by atoms with Crippen LogP contribution >= 0.6 is 11.8 Å². The Bertz CT molecular complexity index is 758. The Morgan fingerprint density at radius 1 is 1.09 bits per heavy atom. The second-order valence-electron chi connectivity index (χ2n) is 5.20. The molecule has 0 aromatic heterocycles. The molecule has 0 spiro atoms. The Balaban J connectivity index is 1.95. The Hall–Kier alpha value is -1.37. The van der Waals surface area contributed by atoms with Crippen LogP contribution in [-0.4, -0.2) is 25.0 Å². The summed E-state index contributed by atoms with van der Waals surface area (Å²) in [5.74, 6) is 0.309. The van der Waals surface area contributed by atoms with E-state index in [0.717, 1.165) is 16.9 Å². The summed E-state index contributed by atoms with van der Waals surface area (Å²) in [6.45, 7) is 2.46.